The first kappa shape index (κ1) is 12.7. The summed E-state index contributed by atoms with van der Waals surface area (Å²) in [5.74, 6) is -0.239. The molecular weight excluding hydrogens is 202 g/mol. The van der Waals surface area contributed by atoms with Gasteiger partial charge in [-0.3, -0.25) is 0 Å². The number of quaternary nitrogens is 1. The average molecular weight is 222 g/mol. The first-order chi connectivity index (χ1) is 7.41. The molecule has 3 N–H and O–H groups in total. The molecule has 1 atom stereocenters. The zero-order valence-electron chi connectivity index (χ0n) is 10.2. The first-order valence-corrected chi connectivity index (χ1v) is 5.45. The van der Waals surface area contributed by atoms with Crippen LogP contribution in [0.3, 0.4) is 0 Å². The summed E-state index contributed by atoms with van der Waals surface area (Å²) in [6.07, 6.45) is 0. The molecule has 1 aromatic rings. The van der Waals surface area contributed by atoms with E-state index in [1.54, 1.807) is 0 Å². The van der Waals surface area contributed by atoms with Gasteiger partial charge in [0.05, 0.1) is 0 Å². The molecule has 16 heavy (non-hydrogen) atoms. The number of carbonyl (C=O) groups is 1. The lowest BCUT2D eigenvalue weighted by molar-refractivity contribution is -0.430. The molecule has 1 aromatic carbocycles. The van der Waals surface area contributed by atoms with Crippen LogP contribution in [0.1, 0.15) is 26.3 Å². The predicted molar refractivity (Wildman–Crippen MR) is 62.4 cm³/mol. The predicted octanol–water partition coefficient (Wildman–Crippen LogP) is 1.39. The van der Waals surface area contributed by atoms with E-state index < -0.39 is 0 Å². The van der Waals surface area contributed by atoms with E-state index >= 15 is 0 Å². The molecule has 0 saturated heterocycles. The van der Waals surface area contributed by atoms with Crippen molar-refractivity contribution in [1.29, 1.82) is 0 Å². The van der Waals surface area contributed by atoms with Crippen LogP contribution < -0.4 is 5.73 Å². The average Bonchev–Trinajstić information content (AvgIpc) is 2.25. The van der Waals surface area contributed by atoms with Gasteiger partial charge in [0, 0.05) is 5.41 Å². The molecule has 0 spiro atoms. The van der Waals surface area contributed by atoms with Crippen LogP contribution in [0.5, 0.6) is 0 Å². The number of carbonyl (C=O) groups excluding carboxylic acids is 1. The Balaban J connectivity index is 2.48. The minimum Gasteiger partial charge on any atom is -0.456 e. The molecule has 0 amide bonds. The van der Waals surface area contributed by atoms with E-state index in [-0.39, 0.29) is 17.4 Å². The Morgan fingerprint density at radius 1 is 1.31 bits per heavy atom. The summed E-state index contributed by atoms with van der Waals surface area (Å²) >= 11 is 0. The zero-order chi connectivity index (χ0) is 12.2. The molecule has 0 aliphatic heterocycles. The topological polar surface area (TPSA) is 53.9 Å². The Morgan fingerprint density at radius 2 is 1.88 bits per heavy atom. The molecule has 1 unspecified atom stereocenters. The Kier molecular flexibility index (Phi) is 4.07. The lowest BCUT2D eigenvalue weighted by Gasteiger charge is -2.21. The minimum atomic E-state index is -0.337. The van der Waals surface area contributed by atoms with Crippen molar-refractivity contribution in [2.24, 2.45) is 5.41 Å². The van der Waals surface area contributed by atoms with Gasteiger partial charge in [0.25, 0.3) is 0 Å². The van der Waals surface area contributed by atoms with Gasteiger partial charge in [-0.15, -0.1) is 0 Å². The summed E-state index contributed by atoms with van der Waals surface area (Å²) in [7, 11) is 0. The van der Waals surface area contributed by atoms with Crippen LogP contribution in [0.2, 0.25) is 0 Å². The number of hydrogen-bond acceptors (Lipinski definition) is 2. The fraction of sp³-hybridized carbons (Fsp3) is 0.462. The highest BCUT2D eigenvalue weighted by molar-refractivity contribution is 5.74. The molecule has 0 aliphatic rings. The van der Waals surface area contributed by atoms with Crippen molar-refractivity contribution >= 4 is 5.97 Å². The van der Waals surface area contributed by atoms with Gasteiger partial charge in [0.2, 0.25) is 0 Å². The van der Waals surface area contributed by atoms with Gasteiger partial charge in [0.1, 0.15) is 6.61 Å². The second kappa shape index (κ2) is 5.12. The van der Waals surface area contributed by atoms with Crippen LogP contribution in [-0.2, 0) is 16.1 Å². The van der Waals surface area contributed by atoms with Crippen LogP contribution >= 0.6 is 0 Å². The fourth-order valence-electron chi connectivity index (χ4n) is 1.18. The smallest absolute Gasteiger partial charge is 0.365 e. The molecule has 0 bridgehead atoms. The number of benzene rings is 1. The van der Waals surface area contributed by atoms with Gasteiger partial charge < -0.3 is 10.5 Å². The van der Waals surface area contributed by atoms with E-state index in [0.29, 0.717) is 6.61 Å². The molecule has 0 saturated carbocycles. The maximum atomic E-state index is 11.7. The normalized spacial score (nSPS) is 13.2. The van der Waals surface area contributed by atoms with Gasteiger partial charge in [-0.1, -0.05) is 51.1 Å². The molecule has 0 radical (unpaired) electrons. The lowest BCUT2D eigenvalue weighted by Crippen LogP contribution is -2.70. The number of rotatable bonds is 3. The summed E-state index contributed by atoms with van der Waals surface area (Å²) in [6.45, 7) is 6.26. The van der Waals surface area contributed by atoms with Gasteiger partial charge in [-0.05, 0) is 5.56 Å². The van der Waals surface area contributed by atoms with E-state index in [4.69, 9.17) is 4.74 Å². The number of ether oxygens (including phenoxy) is 1. The standard InChI is InChI=1S/C13H19NO2/c1-13(2,3)11(14)12(15)16-9-10-7-5-4-6-8-10/h4-8,11H,9,14H2,1-3H3/p+1. The summed E-state index contributed by atoms with van der Waals surface area (Å²) in [4.78, 5) is 11.7. The van der Waals surface area contributed by atoms with Crippen LogP contribution in [-0.4, -0.2) is 12.0 Å². The molecule has 3 heteroatoms. The highest BCUT2D eigenvalue weighted by Crippen LogP contribution is 2.17. The number of hydrogen-bond donors (Lipinski definition) is 1. The maximum Gasteiger partial charge on any atom is 0.365 e. The number of esters is 1. The fourth-order valence-corrected chi connectivity index (χ4v) is 1.18. The first-order valence-electron chi connectivity index (χ1n) is 5.45. The highest BCUT2D eigenvalue weighted by Gasteiger charge is 2.32. The second-order valence-corrected chi connectivity index (χ2v) is 5.01. The molecule has 1 rings (SSSR count). The summed E-state index contributed by atoms with van der Waals surface area (Å²) < 4.78 is 5.21. The van der Waals surface area contributed by atoms with Gasteiger partial charge in [-0.2, -0.15) is 0 Å². The third-order valence-electron chi connectivity index (χ3n) is 2.55. The van der Waals surface area contributed by atoms with E-state index in [2.05, 4.69) is 5.73 Å². The third-order valence-corrected chi connectivity index (χ3v) is 2.55. The van der Waals surface area contributed by atoms with E-state index in [1.165, 1.54) is 0 Å². The molecule has 3 nitrogen and oxygen atoms in total. The molecule has 88 valence electrons. The molecule has 0 heterocycles. The van der Waals surface area contributed by atoms with E-state index in [1.807, 2.05) is 51.1 Å². The minimum absolute atomic E-state index is 0.159. The highest BCUT2D eigenvalue weighted by atomic mass is 16.5. The largest absolute Gasteiger partial charge is 0.456 e. The molecule has 0 aliphatic carbocycles. The summed E-state index contributed by atoms with van der Waals surface area (Å²) in [5.41, 5.74) is 4.69. The van der Waals surface area contributed by atoms with Crippen molar-refractivity contribution in [2.45, 2.75) is 33.4 Å². The van der Waals surface area contributed by atoms with E-state index in [9.17, 15) is 4.79 Å². The quantitative estimate of drug-likeness (QED) is 0.786. The summed E-state index contributed by atoms with van der Waals surface area (Å²) in [5, 5.41) is 0. The molecule has 0 fully saturated rings. The van der Waals surface area contributed by atoms with Crippen molar-refractivity contribution in [3.63, 3.8) is 0 Å². The van der Waals surface area contributed by atoms with Crippen molar-refractivity contribution < 1.29 is 15.3 Å². The van der Waals surface area contributed by atoms with Crippen molar-refractivity contribution in [3.8, 4) is 0 Å². The van der Waals surface area contributed by atoms with Crippen LogP contribution in [0.25, 0.3) is 0 Å². The monoisotopic (exact) mass is 222 g/mol. The van der Waals surface area contributed by atoms with Gasteiger partial charge >= 0.3 is 5.97 Å². The SMILES string of the molecule is CC(C)(C)C([NH3+])C(=O)OCc1ccccc1. The maximum absolute atomic E-state index is 11.7. The van der Waals surface area contributed by atoms with Gasteiger partial charge in [-0.25, -0.2) is 4.79 Å². The Bertz CT molecular complexity index is 341. The zero-order valence-corrected chi connectivity index (χ0v) is 10.2. The van der Waals surface area contributed by atoms with Crippen LogP contribution in [0.4, 0.5) is 0 Å². The van der Waals surface area contributed by atoms with Crippen LogP contribution in [0, 0.1) is 5.41 Å². The lowest BCUT2D eigenvalue weighted by atomic mass is 9.87. The van der Waals surface area contributed by atoms with Crippen molar-refractivity contribution in [2.75, 3.05) is 0 Å². The van der Waals surface area contributed by atoms with Crippen molar-refractivity contribution in [3.05, 3.63) is 35.9 Å². The second-order valence-electron chi connectivity index (χ2n) is 5.01. The Morgan fingerprint density at radius 3 is 2.38 bits per heavy atom. The summed E-state index contributed by atoms with van der Waals surface area (Å²) in [6, 6.07) is 9.31. The Labute approximate surface area is 96.6 Å². The van der Waals surface area contributed by atoms with Crippen molar-refractivity contribution in [1.82, 2.24) is 0 Å². The van der Waals surface area contributed by atoms with Crippen LogP contribution in [0.15, 0.2) is 30.3 Å². The molecule has 0 aromatic heterocycles. The van der Waals surface area contributed by atoms with E-state index in [0.717, 1.165) is 5.56 Å². The van der Waals surface area contributed by atoms with Gasteiger partial charge in [0.15, 0.2) is 6.04 Å². The molecular formula is C13H20NO2+. The third kappa shape index (κ3) is 3.66. The Hall–Kier alpha value is -1.35.